The monoisotopic (exact) mass is 360 g/mol. The van der Waals surface area contributed by atoms with Gasteiger partial charge in [0.25, 0.3) is 0 Å². The second-order valence-electron chi connectivity index (χ2n) is 7.11. The van der Waals surface area contributed by atoms with Gasteiger partial charge in [0.1, 0.15) is 0 Å². The first kappa shape index (κ1) is 17.5. The summed E-state index contributed by atoms with van der Waals surface area (Å²) in [6.07, 6.45) is 8.51. The number of piperidine rings is 1. The minimum absolute atomic E-state index is 0.105. The van der Waals surface area contributed by atoms with Crippen molar-refractivity contribution < 1.29 is 13.2 Å². The van der Waals surface area contributed by atoms with Crippen molar-refractivity contribution in [1.29, 1.82) is 0 Å². The number of nitrogens with one attached hydrogen (secondary N) is 1. The van der Waals surface area contributed by atoms with Crippen molar-refractivity contribution in [2.45, 2.75) is 61.9 Å². The molecule has 0 unspecified atom stereocenters. The van der Waals surface area contributed by atoms with Gasteiger partial charge in [0.2, 0.25) is 15.9 Å². The summed E-state index contributed by atoms with van der Waals surface area (Å²) < 4.78 is 26.0. The Bertz CT molecular complexity index is 505. The minimum atomic E-state index is -3.02. The minimum Gasteiger partial charge on any atom is -0.355 e. The lowest BCUT2D eigenvalue weighted by Crippen LogP contribution is -2.43. The van der Waals surface area contributed by atoms with Crippen molar-refractivity contribution in [3.8, 4) is 0 Å². The van der Waals surface area contributed by atoms with Crippen LogP contribution in [0.1, 0.15) is 51.4 Å². The Morgan fingerprint density at radius 1 is 1.04 bits per heavy atom. The van der Waals surface area contributed by atoms with Crippen LogP contribution in [0.3, 0.4) is 0 Å². The number of carbonyl (C=O) groups excluding carboxylic acids is 1. The van der Waals surface area contributed by atoms with Gasteiger partial charge in [-0.15, -0.1) is 11.8 Å². The van der Waals surface area contributed by atoms with Gasteiger partial charge in [0.15, 0.2) is 0 Å². The zero-order valence-electron chi connectivity index (χ0n) is 13.7. The molecule has 1 heterocycles. The van der Waals surface area contributed by atoms with Crippen LogP contribution in [0.2, 0.25) is 0 Å². The van der Waals surface area contributed by atoms with Crippen molar-refractivity contribution >= 4 is 27.7 Å². The molecule has 23 heavy (non-hydrogen) atoms. The molecular formula is C16H28N2O3S2. The Kier molecular flexibility index (Phi) is 5.91. The lowest BCUT2D eigenvalue weighted by Gasteiger charge is -2.31. The van der Waals surface area contributed by atoms with Gasteiger partial charge < -0.3 is 5.32 Å². The van der Waals surface area contributed by atoms with Crippen LogP contribution in [0, 0.1) is 5.92 Å². The summed E-state index contributed by atoms with van der Waals surface area (Å²) in [5, 5.41) is 3.61. The van der Waals surface area contributed by atoms with Crippen LogP contribution in [-0.4, -0.2) is 54.5 Å². The maximum absolute atomic E-state index is 12.2. The zero-order valence-corrected chi connectivity index (χ0v) is 15.3. The number of rotatable bonds is 7. The standard InChI is InChI=1S/C16H28N2O3S2/c19-16(12-22-14-3-1-2-4-14)17-11-13-7-9-18(10-8-13)23(20,21)15-5-6-15/h13-15H,1-12H2,(H,17,19). The van der Waals surface area contributed by atoms with E-state index in [-0.39, 0.29) is 11.2 Å². The predicted octanol–water partition coefficient (Wildman–Crippen LogP) is 1.98. The molecule has 0 radical (unpaired) electrons. The maximum Gasteiger partial charge on any atom is 0.230 e. The molecule has 0 bridgehead atoms. The third kappa shape index (κ3) is 4.86. The molecular weight excluding hydrogens is 332 g/mol. The van der Waals surface area contributed by atoms with Gasteiger partial charge in [-0.1, -0.05) is 12.8 Å². The Morgan fingerprint density at radius 3 is 2.30 bits per heavy atom. The molecule has 0 aromatic rings. The van der Waals surface area contributed by atoms with Crippen LogP contribution >= 0.6 is 11.8 Å². The summed E-state index contributed by atoms with van der Waals surface area (Å²) in [5.74, 6) is 1.12. The maximum atomic E-state index is 12.2. The molecule has 3 aliphatic rings. The highest BCUT2D eigenvalue weighted by Gasteiger charge is 2.41. The van der Waals surface area contributed by atoms with E-state index >= 15 is 0 Å². The average molecular weight is 361 g/mol. The Morgan fingerprint density at radius 2 is 1.70 bits per heavy atom. The van der Waals surface area contributed by atoms with E-state index in [1.807, 2.05) is 0 Å². The van der Waals surface area contributed by atoms with E-state index < -0.39 is 10.0 Å². The quantitative estimate of drug-likeness (QED) is 0.754. The topological polar surface area (TPSA) is 66.5 Å². The molecule has 3 rings (SSSR count). The second kappa shape index (κ2) is 7.74. The van der Waals surface area contributed by atoms with Gasteiger partial charge in [-0.25, -0.2) is 12.7 Å². The number of hydrogen-bond donors (Lipinski definition) is 1. The average Bonchev–Trinajstić information content (AvgIpc) is 3.29. The van der Waals surface area contributed by atoms with Gasteiger partial charge in [-0.2, -0.15) is 0 Å². The molecule has 1 saturated heterocycles. The molecule has 1 N–H and O–H groups in total. The van der Waals surface area contributed by atoms with Crippen molar-refractivity contribution in [3.05, 3.63) is 0 Å². The normalized spacial score (nSPS) is 24.9. The first-order valence-electron chi connectivity index (χ1n) is 8.93. The van der Waals surface area contributed by atoms with Crippen LogP contribution < -0.4 is 5.32 Å². The van der Waals surface area contributed by atoms with Crippen molar-refractivity contribution in [1.82, 2.24) is 9.62 Å². The Labute approximate surface area is 144 Å². The van der Waals surface area contributed by atoms with Crippen LogP contribution in [0.4, 0.5) is 0 Å². The summed E-state index contributed by atoms with van der Waals surface area (Å²) in [6.45, 7) is 1.94. The summed E-state index contributed by atoms with van der Waals surface area (Å²) in [7, 11) is -3.02. The number of sulfonamides is 1. The molecule has 0 spiro atoms. The van der Waals surface area contributed by atoms with Gasteiger partial charge in [0, 0.05) is 24.9 Å². The fourth-order valence-corrected chi connectivity index (χ4v) is 6.53. The Hall–Kier alpha value is -0.270. The first-order valence-corrected chi connectivity index (χ1v) is 11.5. The largest absolute Gasteiger partial charge is 0.355 e. The van der Waals surface area contributed by atoms with E-state index in [2.05, 4.69) is 5.32 Å². The molecule has 0 atom stereocenters. The highest BCUT2D eigenvalue weighted by molar-refractivity contribution is 8.00. The van der Waals surface area contributed by atoms with Crippen molar-refractivity contribution in [2.24, 2.45) is 5.92 Å². The molecule has 5 nitrogen and oxygen atoms in total. The molecule has 1 amide bonds. The molecule has 3 fully saturated rings. The molecule has 1 aliphatic heterocycles. The molecule has 7 heteroatoms. The van der Waals surface area contributed by atoms with Gasteiger partial charge >= 0.3 is 0 Å². The molecule has 0 aromatic carbocycles. The summed E-state index contributed by atoms with van der Waals surface area (Å²) in [6, 6.07) is 0. The van der Waals surface area contributed by atoms with Crippen LogP contribution in [0.5, 0.6) is 0 Å². The van der Waals surface area contributed by atoms with Crippen LogP contribution in [0.25, 0.3) is 0 Å². The number of hydrogen-bond acceptors (Lipinski definition) is 4. The van der Waals surface area contributed by atoms with E-state index in [0.717, 1.165) is 25.7 Å². The SMILES string of the molecule is O=C(CSC1CCCC1)NCC1CCN(S(=O)(=O)C2CC2)CC1. The summed E-state index contributed by atoms with van der Waals surface area (Å²) in [4.78, 5) is 11.9. The molecule has 2 aliphatic carbocycles. The Balaban J connectivity index is 1.31. The zero-order chi connectivity index (χ0) is 16.3. The van der Waals surface area contributed by atoms with Gasteiger partial charge in [0.05, 0.1) is 11.0 Å². The summed E-state index contributed by atoms with van der Waals surface area (Å²) in [5.41, 5.74) is 0. The summed E-state index contributed by atoms with van der Waals surface area (Å²) >= 11 is 1.79. The fraction of sp³-hybridized carbons (Fsp3) is 0.938. The predicted molar refractivity (Wildman–Crippen MR) is 94.0 cm³/mol. The highest BCUT2D eigenvalue weighted by atomic mass is 32.2. The molecule has 132 valence electrons. The van der Waals surface area contributed by atoms with E-state index in [9.17, 15) is 13.2 Å². The number of carbonyl (C=O) groups is 1. The lowest BCUT2D eigenvalue weighted by molar-refractivity contribution is -0.118. The third-order valence-corrected chi connectivity index (χ3v) is 8.99. The number of thioether (sulfide) groups is 1. The number of nitrogens with zero attached hydrogens (tertiary/aromatic N) is 1. The molecule has 0 aromatic heterocycles. The smallest absolute Gasteiger partial charge is 0.230 e. The second-order valence-corrected chi connectivity index (χ2v) is 10.6. The lowest BCUT2D eigenvalue weighted by atomic mass is 9.98. The van der Waals surface area contributed by atoms with Gasteiger partial charge in [-0.05, 0) is 44.4 Å². The van der Waals surface area contributed by atoms with Gasteiger partial charge in [-0.3, -0.25) is 4.79 Å². The van der Waals surface area contributed by atoms with Crippen LogP contribution in [-0.2, 0) is 14.8 Å². The first-order chi connectivity index (χ1) is 11.1. The van der Waals surface area contributed by atoms with E-state index in [1.165, 1.54) is 25.7 Å². The highest BCUT2D eigenvalue weighted by Crippen LogP contribution is 2.33. The third-order valence-electron chi connectivity index (χ3n) is 5.22. The van der Waals surface area contributed by atoms with Crippen molar-refractivity contribution in [2.75, 3.05) is 25.4 Å². The van der Waals surface area contributed by atoms with E-state index in [1.54, 1.807) is 16.1 Å². The van der Waals surface area contributed by atoms with E-state index in [0.29, 0.717) is 36.6 Å². The molecule has 2 saturated carbocycles. The van der Waals surface area contributed by atoms with Crippen LogP contribution in [0.15, 0.2) is 0 Å². The number of amides is 1. The van der Waals surface area contributed by atoms with Crippen molar-refractivity contribution in [3.63, 3.8) is 0 Å². The fourth-order valence-electron chi connectivity index (χ4n) is 3.50. The van der Waals surface area contributed by atoms with E-state index in [4.69, 9.17) is 0 Å².